The van der Waals surface area contributed by atoms with Gasteiger partial charge in [0.1, 0.15) is 0 Å². The van der Waals surface area contributed by atoms with Crippen LogP contribution in [0.5, 0.6) is 0 Å². The van der Waals surface area contributed by atoms with Crippen molar-refractivity contribution in [1.29, 1.82) is 0 Å². The molecule has 0 rings (SSSR count). The van der Waals surface area contributed by atoms with E-state index in [0.717, 1.165) is 38.9 Å². The molecule has 0 radical (unpaired) electrons. The predicted octanol–water partition coefficient (Wildman–Crippen LogP) is 8.12. The van der Waals surface area contributed by atoms with Gasteiger partial charge < -0.3 is 19.5 Å². The van der Waals surface area contributed by atoms with Crippen LogP contribution in [0.3, 0.4) is 0 Å². The van der Waals surface area contributed by atoms with E-state index in [4.69, 9.17) is 8.85 Å². The Bertz CT molecular complexity index is 475. The molecule has 0 saturated carbocycles. The summed E-state index contributed by atoms with van der Waals surface area (Å²) < 4.78 is 12.4. The summed E-state index contributed by atoms with van der Waals surface area (Å²) >= 11 is 0. The van der Waals surface area contributed by atoms with Crippen LogP contribution in [0, 0.1) is 11.8 Å². The van der Waals surface area contributed by atoms with Crippen LogP contribution < -0.4 is 10.6 Å². The lowest BCUT2D eigenvalue weighted by Crippen LogP contribution is -2.39. The maximum atomic E-state index is 6.27. The smallest absolute Gasteiger partial charge is 0.183 e. The van der Waals surface area contributed by atoms with Crippen molar-refractivity contribution >= 4 is 32.8 Å². The van der Waals surface area contributed by atoms with Gasteiger partial charge in [0, 0.05) is 42.6 Å². The SMILES string of the molecule is C=C.C=C.C[Si](C)(C)CCC(CNCNCC(CCO[Si](C)(C)C)C[Si](C)(C)C)CO[Si](C)(C)C. The van der Waals surface area contributed by atoms with Crippen LogP contribution >= 0.6 is 0 Å². The summed E-state index contributed by atoms with van der Waals surface area (Å²) in [4.78, 5) is 0. The van der Waals surface area contributed by atoms with Crippen LogP contribution in [0.15, 0.2) is 26.3 Å². The molecule has 0 aromatic carbocycles. The van der Waals surface area contributed by atoms with Crippen LogP contribution in [0.1, 0.15) is 12.8 Å². The average molecular weight is 563 g/mol. The summed E-state index contributed by atoms with van der Waals surface area (Å²) in [5.41, 5.74) is 0. The van der Waals surface area contributed by atoms with Crippen LogP contribution in [0.25, 0.3) is 0 Å². The first-order valence-corrected chi connectivity index (χ1v) is 27.8. The Morgan fingerprint density at radius 1 is 0.600 bits per heavy atom. The van der Waals surface area contributed by atoms with Gasteiger partial charge in [-0.1, -0.05) is 51.4 Å². The lowest BCUT2D eigenvalue weighted by atomic mass is 10.1. The van der Waals surface area contributed by atoms with E-state index in [-0.39, 0.29) is 0 Å². The molecule has 2 atom stereocenters. The van der Waals surface area contributed by atoms with E-state index in [1.54, 1.807) is 0 Å². The average Bonchev–Trinajstić information content (AvgIpc) is 2.68. The fourth-order valence-electron chi connectivity index (χ4n) is 3.56. The number of nitrogens with one attached hydrogen (secondary N) is 2. The standard InChI is InChI=1S/C23H58N2O2Si4.2C2H4/c1-28(2,3)16-14-22(19-27-31(10,11)12)17-24-21-25-18-23(20-29(4,5)6)13-15-26-30(7,8)9;2*1-2/h22-25H,13-21H2,1-12H3;2*1-2H2. The van der Waals surface area contributed by atoms with Gasteiger partial charge in [0.25, 0.3) is 0 Å². The van der Waals surface area contributed by atoms with Crippen molar-refractivity contribution in [3.8, 4) is 0 Å². The summed E-state index contributed by atoms with van der Waals surface area (Å²) in [6.45, 7) is 45.5. The minimum Gasteiger partial charge on any atom is -0.418 e. The molecule has 212 valence electrons. The maximum Gasteiger partial charge on any atom is 0.183 e. The van der Waals surface area contributed by atoms with Crippen molar-refractivity contribution < 1.29 is 8.85 Å². The molecule has 35 heavy (non-hydrogen) atoms. The molecule has 0 amide bonds. The summed E-state index contributed by atoms with van der Waals surface area (Å²) in [7, 11) is -4.94. The molecule has 0 spiro atoms. The largest absolute Gasteiger partial charge is 0.418 e. The quantitative estimate of drug-likeness (QED) is 0.0766. The minimum absolute atomic E-state index is 0.628. The highest BCUT2D eigenvalue weighted by Gasteiger charge is 2.23. The molecule has 0 bridgehead atoms. The van der Waals surface area contributed by atoms with E-state index in [0.29, 0.717) is 5.92 Å². The van der Waals surface area contributed by atoms with E-state index >= 15 is 0 Å². The van der Waals surface area contributed by atoms with Gasteiger partial charge in [-0.15, -0.1) is 26.3 Å². The van der Waals surface area contributed by atoms with Crippen LogP contribution in [0.2, 0.25) is 90.7 Å². The van der Waals surface area contributed by atoms with Gasteiger partial charge in [-0.25, -0.2) is 0 Å². The second-order valence-electron chi connectivity index (χ2n) is 13.9. The van der Waals surface area contributed by atoms with Gasteiger partial charge >= 0.3 is 0 Å². The molecule has 2 unspecified atom stereocenters. The topological polar surface area (TPSA) is 42.5 Å². The van der Waals surface area contributed by atoms with Crippen molar-refractivity contribution in [2.75, 3.05) is 33.0 Å². The molecule has 0 aromatic heterocycles. The van der Waals surface area contributed by atoms with Crippen LogP contribution in [-0.2, 0) is 8.85 Å². The van der Waals surface area contributed by atoms with Crippen molar-refractivity contribution in [3.63, 3.8) is 0 Å². The van der Waals surface area contributed by atoms with E-state index in [2.05, 4.69) is 116 Å². The fraction of sp³-hybridized carbons (Fsp3) is 0.852. The van der Waals surface area contributed by atoms with Gasteiger partial charge in [-0.3, -0.25) is 0 Å². The van der Waals surface area contributed by atoms with Crippen molar-refractivity contribution in [3.05, 3.63) is 26.3 Å². The van der Waals surface area contributed by atoms with Crippen molar-refractivity contribution in [2.45, 2.75) is 103 Å². The first-order valence-electron chi connectivity index (χ1n) is 13.6. The summed E-state index contributed by atoms with van der Waals surface area (Å²) in [5, 5.41) is 7.38. The third-order valence-electron chi connectivity index (χ3n) is 5.13. The molecule has 0 aromatic rings. The van der Waals surface area contributed by atoms with Crippen LogP contribution in [-0.4, -0.2) is 65.8 Å². The Kier molecular flexibility index (Phi) is 22.9. The van der Waals surface area contributed by atoms with Crippen molar-refractivity contribution in [2.24, 2.45) is 11.8 Å². The third kappa shape index (κ3) is 34.2. The number of hydrogen-bond acceptors (Lipinski definition) is 4. The first-order chi connectivity index (χ1) is 15.9. The van der Waals surface area contributed by atoms with E-state index in [1.165, 1.54) is 24.9 Å². The highest BCUT2D eigenvalue weighted by atomic mass is 28.4. The molecule has 2 N–H and O–H groups in total. The zero-order chi connectivity index (χ0) is 28.3. The Balaban J connectivity index is -0.00000242. The molecule has 0 heterocycles. The molecular formula is C27H66N2O2Si4. The van der Waals surface area contributed by atoms with Gasteiger partial charge in [0.2, 0.25) is 0 Å². The van der Waals surface area contributed by atoms with E-state index in [9.17, 15) is 0 Å². The molecular weight excluding hydrogens is 497 g/mol. The van der Waals surface area contributed by atoms with E-state index < -0.39 is 32.8 Å². The van der Waals surface area contributed by atoms with Crippen LogP contribution in [0.4, 0.5) is 0 Å². The summed E-state index contributed by atoms with van der Waals surface area (Å²) in [6, 6.07) is 2.76. The Morgan fingerprint density at radius 2 is 1.06 bits per heavy atom. The summed E-state index contributed by atoms with van der Waals surface area (Å²) in [5.74, 6) is 1.35. The number of rotatable bonds is 18. The van der Waals surface area contributed by atoms with Gasteiger partial charge in [-0.05, 0) is 70.5 Å². The number of hydrogen-bond donors (Lipinski definition) is 2. The zero-order valence-electron chi connectivity index (χ0n) is 26.2. The highest BCUT2D eigenvalue weighted by molar-refractivity contribution is 6.76. The molecule has 4 nitrogen and oxygen atoms in total. The summed E-state index contributed by atoms with van der Waals surface area (Å²) in [6.07, 6.45) is 2.48. The van der Waals surface area contributed by atoms with Gasteiger partial charge in [0.05, 0.1) is 0 Å². The Hall–Kier alpha value is 0.188. The zero-order valence-corrected chi connectivity index (χ0v) is 30.2. The first kappa shape index (κ1) is 39.7. The molecule has 0 aliphatic rings. The minimum atomic E-state index is -1.45. The molecule has 0 aliphatic heterocycles. The monoisotopic (exact) mass is 562 g/mol. The lowest BCUT2D eigenvalue weighted by Gasteiger charge is -2.27. The normalized spacial score (nSPS) is 14.3. The predicted molar refractivity (Wildman–Crippen MR) is 174 cm³/mol. The molecule has 0 saturated heterocycles. The third-order valence-corrected chi connectivity index (χ3v) is 10.8. The van der Waals surface area contributed by atoms with E-state index in [1.807, 2.05) is 0 Å². The second kappa shape index (κ2) is 20.2. The lowest BCUT2D eigenvalue weighted by molar-refractivity contribution is 0.232. The molecule has 8 heteroatoms. The second-order valence-corrected chi connectivity index (χ2v) is 34.0. The highest BCUT2D eigenvalue weighted by Crippen LogP contribution is 2.20. The fourth-order valence-corrected chi connectivity index (χ4v) is 8.39. The molecule has 0 fully saturated rings. The Morgan fingerprint density at radius 3 is 1.46 bits per heavy atom. The Labute approximate surface area is 226 Å². The van der Waals surface area contributed by atoms with Gasteiger partial charge in [0.15, 0.2) is 16.6 Å². The van der Waals surface area contributed by atoms with Crippen molar-refractivity contribution in [1.82, 2.24) is 10.6 Å². The van der Waals surface area contributed by atoms with Gasteiger partial charge in [-0.2, -0.15) is 0 Å². The molecule has 0 aliphatic carbocycles. The maximum absolute atomic E-state index is 6.27.